The van der Waals surface area contributed by atoms with Gasteiger partial charge in [0.05, 0.1) is 5.75 Å². The van der Waals surface area contributed by atoms with Crippen molar-refractivity contribution in [1.29, 1.82) is 0 Å². The van der Waals surface area contributed by atoms with Crippen molar-refractivity contribution < 1.29 is 0 Å². The van der Waals surface area contributed by atoms with Gasteiger partial charge >= 0.3 is 0 Å². The van der Waals surface area contributed by atoms with E-state index in [2.05, 4.69) is 32.6 Å². The molecule has 0 aliphatic heterocycles. The number of aromatic nitrogens is 7. The van der Waals surface area contributed by atoms with Gasteiger partial charge in [-0.1, -0.05) is 18.7 Å². The molecule has 0 radical (unpaired) electrons. The molecule has 0 spiro atoms. The molecule has 0 unspecified atom stereocenters. The summed E-state index contributed by atoms with van der Waals surface area (Å²) in [5, 5.41) is 20.8. The topological polar surface area (TPSA) is 100 Å². The zero-order valence-corrected chi connectivity index (χ0v) is 12.0. The highest BCUT2D eigenvalue weighted by molar-refractivity contribution is 7.98. The van der Waals surface area contributed by atoms with Crippen molar-refractivity contribution >= 4 is 11.8 Å². The van der Waals surface area contributed by atoms with E-state index in [9.17, 15) is 0 Å². The molecule has 2 aromatic rings. The van der Waals surface area contributed by atoms with E-state index in [0.29, 0.717) is 12.3 Å². The van der Waals surface area contributed by atoms with Crippen molar-refractivity contribution in [2.75, 3.05) is 6.54 Å². The predicted molar refractivity (Wildman–Crippen MR) is 71.5 cm³/mol. The number of aryl methyl sites for hydroxylation is 2. The first-order valence-electron chi connectivity index (χ1n) is 6.24. The first-order chi connectivity index (χ1) is 9.26. The van der Waals surface area contributed by atoms with Crippen LogP contribution in [0.25, 0.3) is 0 Å². The number of rotatable bonds is 7. The summed E-state index contributed by atoms with van der Waals surface area (Å²) in [6, 6.07) is 0. The van der Waals surface area contributed by atoms with Gasteiger partial charge in [0.2, 0.25) is 0 Å². The second-order valence-corrected chi connectivity index (χ2v) is 5.02. The molecular weight excluding hydrogens is 264 g/mol. The molecule has 0 aliphatic carbocycles. The third-order valence-corrected chi connectivity index (χ3v) is 3.59. The van der Waals surface area contributed by atoms with Crippen molar-refractivity contribution in [2.24, 2.45) is 5.73 Å². The second-order valence-electron chi connectivity index (χ2n) is 4.08. The fourth-order valence-electron chi connectivity index (χ4n) is 1.70. The van der Waals surface area contributed by atoms with Gasteiger partial charge in [-0.3, -0.25) is 0 Å². The summed E-state index contributed by atoms with van der Waals surface area (Å²) in [5.41, 5.74) is 5.59. The Morgan fingerprint density at radius 2 is 2.05 bits per heavy atom. The Balaban J connectivity index is 2.04. The van der Waals surface area contributed by atoms with Crippen LogP contribution in [0.5, 0.6) is 0 Å². The zero-order chi connectivity index (χ0) is 13.7. The maximum absolute atomic E-state index is 5.59. The Hall–Kier alpha value is -1.48. The zero-order valence-electron chi connectivity index (χ0n) is 11.2. The molecule has 0 saturated carbocycles. The van der Waals surface area contributed by atoms with Crippen LogP contribution in [0.4, 0.5) is 0 Å². The summed E-state index contributed by atoms with van der Waals surface area (Å²) in [6.07, 6.45) is 1.01. The number of hydrogen-bond acceptors (Lipinski definition) is 7. The van der Waals surface area contributed by atoms with Crippen LogP contribution in [0.2, 0.25) is 0 Å². The Morgan fingerprint density at radius 3 is 2.79 bits per heavy atom. The molecule has 2 aromatic heterocycles. The molecule has 2 heterocycles. The molecule has 104 valence electrons. The van der Waals surface area contributed by atoms with Crippen LogP contribution in [-0.2, 0) is 18.8 Å². The van der Waals surface area contributed by atoms with Gasteiger partial charge in [0.25, 0.3) is 0 Å². The van der Waals surface area contributed by atoms with Crippen LogP contribution in [0.1, 0.15) is 25.0 Å². The molecule has 19 heavy (non-hydrogen) atoms. The lowest BCUT2D eigenvalue weighted by molar-refractivity contribution is 0.564. The quantitative estimate of drug-likeness (QED) is 0.726. The lowest BCUT2D eigenvalue weighted by atomic mass is 10.5. The van der Waals surface area contributed by atoms with Gasteiger partial charge in [-0.15, -0.1) is 15.3 Å². The van der Waals surface area contributed by atoms with Crippen molar-refractivity contribution in [1.82, 2.24) is 35.0 Å². The number of thioether (sulfide) groups is 1. The van der Waals surface area contributed by atoms with Gasteiger partial charge in [0.15, 0.2) is 11.0 Å². The average Bonchev–Trinajstić information content (AvgIpc) is 2.97. The summed E-state index contributed by atoms with van der Waals surface area (Å²) < 4.78 is 3.84. The van der Waals surface area contributed by atoms with Gasteiger partial charge in [-0.05, 0) is 23.8 Å². The van der Waals surface area contributed by atoms with Crippen molar-refractivity contribution in [2.45, 2.75) is 44.3 Å². The average molecular weight is 282 g/mol. The van der Waals surface area contributed by atoms with Crippen molar-refractivity contribution in [3.8, 4) is 0 Å². The van der Waals surface area contributed by atoms with E-state index in [0.717, 1.165) is 36.3 Å². The summed E-state index contributed by atoms with van der Waals surface area (Å²) in [5.74, 6) is 2.41. The molecule has 0 aliphatic rings. The minimum atomic E-state index is 0.569. The van der Waals surface area contributed by atoms with Crippen LogP contribution >= 0.6 is 11.8 Å². The number of nitrogens with two attached hydrogens (primary N) is 1. The van der Waals surface area contributed by atoms with E-state index < -0.39 is 0 Å². The SMILES string of the molecule is CCCn1nnnc1CSc1nnc(C)n1CCN. The molecule has 0 aromatic carbocycles. The summed E-state index contributed by atoms with van der Waals surface area (Å²) >= 11 is 1.58. The van der Waals surface area contributed by atoms with E-state index in [1.54, 1.807) is 11.8 Å². The van der Waals surface area contributed by atoms with E-state index in [1.165, 1.54) is 0 Å². The number of hydrogen-bond donors (Lipinski definition) is 1. The smallest absolute Gasteiger partial charge is 0.191 e. The Kier molecular flexibility index (Phi) is 4.86. The van der Waals surface area contributed by atoms with Crippen LogP contribution in [0.15, 0.2) is 5.16 Å². The maximum Gasteiger partial charge on any atom is 0.191 e. The molecule has 2 N–H and O–H groups in total. The standard InChI is InChI=1S/C10H18N8S/c1-3-5-18-9(13-15-16-18)7-19-10-14-12-8(2)17(10)6-4-11/h3-7,11H2,1-2H3. The molecular formula is C10H18N8S. The van der Waals surface area contributed by atoms with E-state index in [-0.39, 0.29) is 0 Å². The molecule has 0 fully saturated rings. The van der Waals surface area contributed by atoms with Crippen LogP contribution in [0, 0.1) is 6.92 Å². The highest BCUT2D eigenvalue weighted by atomic mass is 32.2. The lowest BCUT2D eigenvalue weighted by Crippen LogP contribution is -2.12. The second kappa shape index (κ2) is 6.62. The molecule has 0 saturated heterocycles. The molecule has 0 bridgehead atoms. The first kappa shape index (κ1) is 13.9. The summed E-state index contributed by atoms with van der Waals surface area (Å²) in [6.45, 7) is 6.15. The number of nitrogens with zero attached hydrogens (tertiary/aromatic N) is 7. The fourth-order valence-corrected chi connectivity index (χ4v) is 2.64. The van der Waals surface area contributed by atoms with Gasteiger partial charge in [-0.2, -0.15) is 0 Å². The van der Waals surface area contributed by atoms with Crippen molar-refractivity contribution in [3.63, 3.8) is 0 Å². The van der Waals surface area contributed by atoms with Gasteiger partial charge in [0, 0.05) is 19.6 Å². The minimum absolute atomic E-state index is 0.569. The number of tetrazole rings is 1. The third-order valence-electron chi connectivity index (χ3n) is 2.63. The van der Waals surface area contributed by atoms with Crippen LogP contribution in [-0.4, -0.2) is 41.5 Å². The van der Waals surface area contributed by atoms with Crippen LogP contribution < -0.4 is 5.73 Å². The van der Waals surface area contributed by atoms with E-state index in [1.807, 2.05) is 16.2 Å². The molecule has 0 atom stereocenters. The highest BCUT2D eigenvalue weighted by Gasteiger charge is 2.11. The normalized spacial score (nSPS) is 11.1. The van der Waals surface area contributed by atoms with E-state index in [4.69, 9.17) is 5.73 Å². The molecule has 0 amide bonds. The molecule has 8 nitrogen and oxygen atoms in total. The minimum Gasteiger partial charge on any atom is -0.329 e. The van der Waals surface area contributed by atoms with Gasteiger partial charge in [0.1, 0.15) is 5.82 Å². The Morgan fingerprint density at radius 1 is 1.21 bits per heavy atom. The Bertz CT molecular complexity index is 519. The molecule has 2 rings (SSSR count). The Labute approximate surface area is 115 Å². The largest absolute Gasteiger partial charge is 0.329 e. The third kappa shape index (κ3) is 3.29. The van der Waals surface area contributed by atoms with Gasteiger partial charge in [-0.25, -0.2) is 4.68 Å². The summed E-state index contributed by atoms with van der Waals surface area (Å²) in [7, 11) is 0. The van der Waals surface area contributed by atoms with E-state index >= 15 is 0 Å². The molecule has 9 heteroatoms. The maximum atomic E-state index is 5.59. The van der Waals surface area contributed by atoms with Crippen LogP contribution in [0.3, 0.4) is 0 Å². The summed E-state index contributed by atoms with van der Waals surface area (Å²) in [4.78, 5) is 0. The monoisotopic (exact) mass is 282 g/mol. The highest BCUT2D eigenvalue weighted by Crippen LogP contribution is 2.20. The lowest BCUT2D eigenvalue weighted by Gasteiger charge is -2.06. The van der Waals surface area contributed by atoms with Gasteiger partial charge < -0.3 is 10.3 Å². The first-order valence-corrected chi connectivity index (χ1v) is 7.22. The predicted octanol–water partition coefficient (Wildman–Crippen LogP) is 0.234. The fraction of sp³-hybridized carbons (Fsp3) is 0.700. The van der Waals surface area contributed by atoms with Crippen molar-refractivity contribution in [3.05, 3.63) is 11.6 Å².